The van der Waals surface area contributed by atoms with Crippen LogP contribution in [0, 0.1) is 0 Å². The lowest BCUT2D eigenvalue weighted by Gasteiger charge is -2.15. The number of methoxy groups -OCH3 is 1. The smallest absolute Gasteiger partial charge is 0.242 e. The molecule has 0 saturated heterocycles. The van der Waals surface area contributed by atoms with Crippen molar-refractivity contribution in [2.24, 2.45) is 0 Å². The van der Waals surface area contributed by atoms with Gasteiger partial charge in [-0.25, -0.2) is 8.42 Å². The Hall–Kier alpha value is -2.09. The van der Waals surface area contributed by atoms with Crippen molar-refractivity contribution in [3.05, 3.63) is 53.6 Å². The number of benzene rings is 2. The van der Waals surface area contributed by atoms with E-state index in [9.17, 15) is 13.2 Å². The van der Waals surface area contributed by atoms with Crippen molar-refractivity contribution in [1.29, 1.82) is 0 Å². The molecule has 1 atom stereocenters. The Labute approximate surface area is 145 Å². The van der Waals surface area contributed by atoms with Gasteiger partial charge in [0.05, 0.1) is 23.1 Å². The molecule has 6 nitrogen and oxygen atoms in total. The highest BCUT2D eigenvalue weighted by Gasteiger charge is 2.22. The Morgan fingerprint density at radius 2 is 1.83 bits per heavy atom. The van der Waals surface area contributed by atoms with Crippen LogP contribution in [0.4, 0.5) is 5.69 Å². The standard InChI is InChI=1S/C16H17ClN2O4S/c1-11(19-24(21,22)13-6-4-3-5-7-13)16(20)18-12-8-9-15(23-2)14(17)10-12/h3-11,19H,1-2H3,(H,18,20)/t11-/m1/s1. The van der Waals surface area contributed by atoms with Gasteiger partial charge in [-0.3, -0.25) is 4.79 Å². The summed E-state index contributed by atoms with van der Waals surface area (Å²) in [5.74, 6) is -0.0248. The number of anilines is 1. The largest absolute Gasteiger partial charge is 0.495 e. The topological polar surface area (TPSA) is 84.5 Å². The molecule has 8 heteroatoms. The molecule has 0 aliphatic heterocycles. The van der Waals surface area contributed by atoms with Crippen LogP contribution in [0.2, 0.25) is 5.02 Å². The van der Waals surface area contributed by atoms with Gasteiger partial charge in [0.1, 0.15) is 5.75 Å². The van der Waals surface area contributed by atoms with Crippen LogP contribution in [0.1, 0.15) is 6.92 Å². The first kappa shape index (κ1) is 18.3. The van der Waals surface area contributed by atoms with Gasteiger partial charge < -0.3 is 10.1 Å². The summed E-state index contributed by atoms with van der Waals surface area (Å²) in [6.07, 6.45) is 0. The zero-order valence-electron chi connectivity index (χ0n) is 13.1. The number of amides is 1. The quantitative estimate of drug-likeness (QED) is 0.820. The van der Waals surface area contributed by atoms with Crippen molar-refractivity contribution in [2.45, 2.75) is 17.9 Å². The lowest BCUT2D eigenvalue weighted by atomic mass is 10.2. The van der Waals surface area contributed by atoms with Gasteiger partial charge in [-0.15, -0.1) is 0 Å². The van der Waals surface area contributed by atoms with Crippen molar-refractivity contribution < 1.29 is 17.9 Å². The van der Waals surface area contributed by atoms with Crippen LogP contribution in [0.5, 0.6) is 5.75 Å². The molecular weight excluding hydrogens is 352 g/mol. The molecule has 0 bridgehead atoms. The summed E-state index contributed by atoms with van der Waals surface area (Å²) >= 11 is 5.99. The number of rotatable bonds is 6. The summed E-state index contributed by atoms with van der Waals surface area (Å²) in [6.45, 7) is 1.46. The van der Waals surface area contributed by atoms with Crippen LogP contribution in [0.15, 0.2) is 53.4 Å². The molecule has 1 amide bonds. The van der Waals surface area contributed by atoms with Crippen molar-refractivity contribution in [3.8, 4) is 5.75 Å². The molecule has 2 aromatic rings. The maximum absolute atomic E-state index is 12.2. The van der Waals surface area contributed by atoms with Gasteiger partial charge in [-0.2, -0.15) is 4.72 Å². The second-order valence-electron chi connectivity index (χ2n) is 4.99. The van der Waals surface area contributed by atoms with Gasteiger partial charge in [-0.05, 0) is 37.3 Å². The van der Waals surface area contributed by atoms with Crippen molar-refractivity contribution in [1.82, 2.24) is 4.72 Å². The third-order valence-corrected chi connectivity index (χ3v) is 5.05. The molecule has 128 valence electrons. The molecule has 0 aliphatic carbocycles. The minimum absolute atomic E-state index is 0.0946. The van der Waals surface area contributed by atoms with E-state index in [4.69, 9.17) is 16.3 Å². The van der Waals surface area contributed by atoms with E-state index in [2.05, 4.69) is 10.0 Å². The summed E-state index contributed by atoms with van der Waals surface area (Å²) < 4.78 is 31.8. The zero-order valence-corrected chi connectivity index (χ0v) is 14.7. The summed E-state index contributed by atoms with van der Waals surface area (Å²) in [4.78, 5) is 12.3. The molecule has 2 N–H and O–H groups in total. The molecule has 0 aliphatic rings. The molecule has 0 radical (unpaired) electrons. The number of hydrogen-bond acceptors (Lipinski definition) is 4. The van der Waals surface area contributed by atoms with Gasteiger partial charge in [0.25, 0.3) is 0 Å². The highest BCUT2D eigenvalue weighted by atomic mass is 35.5. The average Bonchev–Trinajstić information content (AvgIpc) is 2.55. The highest BCUT2D eigenvalue weighted by molar-refractivity contribution is 7.89. The van der Waals surface area contributed by atoms with Gasteiger partial charge in [-0.1, -0.05) is 29.8 Å². The normalized spacial score (nSPS) is 12.5. The van der Waals surface area contributed by atoms with Crippen LogP contribution < -0.4 is 14.8 Å². The van der Waals surface area contributed by atoms with Crippen LogP contribution >= 0.6 is 11.6 Å². The number of halogens is 1. The Morgan fingerprint density at radius 3 is 2.42 bits per heavy atom. The molecule has 0 fully saturated rings. The predicted molar refractivity (Wildman–Crippen MR) is 92.9 cm³/mol. The summed E-state index contributed by atoms with van der Waals surface area (Å²) in [7, 11) is -2.29. The van der Waals surface area contributed by atoms with Crippen LogP contribution in [-0.2, 0) is 14.8 Å². The molecule has 2 rings (SSSR count). The molecule has 24 heavy (non-hydrogen) atoms. The van der Waals surface area contributed by atoms with Gasteiger partial charge in [0, 0.05) is 5.69 Å². The number of ether oxygens (including phenoxy) is 1. The van der Waals surface area contributed by atoms with E-state index in [1.165, 1.54) is 32.2 Å². The molecule has 0 unspecified atom stereocenters. The summed E-state index contributed by atoms with van der Waals surface area (Å²) in [6, 6.07) is 11.6. The third kappa shape index (κ3) is 4.47. The van der Waals surface area contributed by atoms with Crippen molar-refractivity contribution in [2.75, 3.05) is 12.4 Å². The molecule has 0 spiro atoms. The maximum Gasteiger partial charge on any atom is 0.242 e. The Bertz CT molecular complexity index is 825. The third-order valence-electron chi connectivity index (χ3n) is 3.20. The maximum atomic E-state index is 12.2. The SMILES string of the molecule is COc1ccc(NC(=O)[C@@H](C)NS(=O)(=O)c2ccccc2)cc1Cl. The van der Waals surface area contributed by atoms with E-state index in [1.54, 1.807) is 30.3 Å². The van der Waals surface area contributed by atoms with Crippen LogP contribution in [-0.4, -0.2) is 27.5 Å². The van der Waals surface area contributed by atoms with E-state index < -0.39 is 22.0 Å². The molecule has 0 aromatic heterocycles. The number of nitrogens with one attached hydrogen (secondary N) is 2. The van der Waals surface area contributed by atoms with Gasteiger partial charge in [0.2, 0.25) is 15.9 Å². The van der Waals surface area contributed by atoms with Crippen molar-refractivity contribution in [3.63, 3.8) is 0 Å². The highest BCUT2D eigenvalue weighted by Crippen LogP contribution is 2.27. The Morgan fingerprint density at radius 1 is 1.17 bits per heavy atom. The van der Waals surface area contributed by atoms with Gasteiger partial charge >= 0.3 is 0 Å². The van der Waals surface area contributed by atoms with E-state index in [0.717, 1.165) is 0 Å². The van der Waals surface area contributed by atoms with E-state index in [1.807, 2.05) is 0 Å². The van der Waals surface area contributed by atoms with Gasteiger partial charge in [0.15, 0.2) is 0 Å². The fraction of sp³-hybridized carbons (Fsp3) is 0.188. The van der Waals surface area contributed by atoms with E-state index >= 15 is 0 Å². The summed E-state index contributed by atoms with van der Waals surface area (Å²) in [5.41, 5.74) is 0.441. The second kappa shape index (κ2) is 7.65. The van der Waals surface area contributed by atoms with Crippen molar-refractivity contribution >= 4 is 33.2 Å². The Kier molecular flexibility index (Phi) is 5.82. The fourth-order valence-corrected chi connectivity index (χ4v) is 3.43. The summed E-state index contributed by atoms with van der Waals surface area (Å²) in [5, 5.41) is 2.94. The zero-order chi connectivity index (χ0) is 17.7. The first-order valence-corrected chi connectivity index (χ1v) is 8.91. The minimum Gasteiger partial charge on any atom is -0.495 e. The number of sulfonamides is 1. The lowest BCUT2D eigenvalue weighted by Crippen LogP contribution is -2.41. The number of carbonyl (C=O) groups excluding carboxylic acids is 1. The predicted octanol–water partition coefficient (Wildman–Crippen LogP) is 2.65. The monoisotopic (exact) mass is 368 g/mol. The minimum atomic E-state index is -3.77. The van der Waals surface area contributed by atoms with E-state index in [-0.39, 0.29) is 4.90 Å². The average molecular weight is 369 g/mol. The molecule has 0 heterocycles. The van der Waals surface area contributed by atoms with E-state index in [0.29, 0.717) is 16.5 Å². The molecular formula is C16H17ClN2O4S. The Balaban J connectivity index is 2.06. The fourth-order valence-electron chi connectivity index (χ4n) is 1.95. The number of carbonyl (C=O) groups is 1. The second-order valence-corrected chi connectivity index (χ2v) is 7.12. The van der Waals surface area contributed by atoms with Crippen LogP contribution in [0.25, 0.3) is 0 Å². The first-order valence-electron chi connectivity index (χ1n) is 7.05. The van der Waals surface area contributed by atoms with Crippen LogP contribution in [0.3, 0.4) is 0 Å². The first-order chi connectivity index (χ1) is 11.3. The number of hydrogen-bond donors (Lipinski definition) is 2. The molecule has 0 saturated carbocycles. The lowest BCUT2D eigenvalue weighted by molar-refractivity contribution is -0.117. The molecule has 2 aromatic carbocycles.